The molecule has 0 bridgehead atoms. The summed E-state index contributed by atoms with van der Waals surface area (Å²) in [5.41, 5.74) is -1.87. The van der Waals surface area contributed by atoms with Crippen LogP contribution in [0.5, 0.6) is 5.75 Å². The van der Waals surface area contributed by atoms with Crippen LogP contribution in [0.15, 0.2) is 66.7 Å². The van der Waals surface area contributed by atoms with Gasteiger partial charge in [-0.2, -0.15) is 26.3 Å². The van der Waals surface area contributed by atoms with E-state index < -0.39 is 28.9 Å². The van der Waals surface area contributed by atoms with Crippen molar-refractivity contribution in [2.75, 3.05) is 6.61 Å². The van der Waals surface area contributed by atoms with Crippen molar-refractivity contribution in [3.8, 4) is 26.6 Å². The first-order valence-electron chi connectivity index (χ1n) is 15.8. The zero-order valence-corrected chi connectivity index (χ0v) is 27.8. The summed E-state index contributed by atoms with van der Waals surface area (Å²) in [6.45, 7) is 5.77. The Bertz CT molecular complexity index is 1650. The van der Waals surface area contributed by atoms with E-state index in [0.29, 0.717) is 33.2 Å². The van der Waals surface area contributed by atoms with Gasteiger partial charge in [-0.3, -0.25) is 0 Å². The van der Waals surface area contributed by atoms with E-state index >= 15 is 26.3 Å². The van der Waals surface area contributed by atoms with Gasteiger partial charge in [-0.05, 0) is 78.9 Å². The summed E-state index contributed by atoms with van der Waals surface area (Å²) in [6, 6.07) is 18.5. The molecule has 4 aromatic rings. The third kappa shape index (κ3) is 6.55. The molecule has 2 heterocycles. The van der Waals surface area contributed by atoms with Crippen molar-refractivity contribution in [3.05, 3.63) is 87.6 Å². The number of unbranched alkanes of at least 4 members (excludes halogenated alkanes) is 7. The normalized spacial score (nSPS) is 16.7. The van der Waals surface area contributed by atoms with E-state index in [0.717, 1.165) is 35.5 Å². The molecule has 46 heavy (non-hydrogen) atoms. The second-order valence-electron chi connectivity index (χ2n) is 11.8. The molecule has 1 aliphatic rings. The SMILES string of the molecule is CCCCCCCCCCOc1ccc(-c2cc(C3=C(c4cc(-c5ccccc5)sc4C)C(F)(F)C(F)(F)C3(F)F)c(C)s2)cc1. The van der Waals surface area contributed by atoms with Gasteiger partial charge in [-0.1, -0.05) is 82.2 Å². The van der Waals surface area contributed by atoms with E-state index in [4.69, 9.17) is 4.74 Å². The Kier molecular flexibility index (Phi) is 10.4. The molecule has 1 aliphatic carbocycles. The first-order chi connectivity index (χ1) is 21.9. The van der Waals surface area contributed by atoms with Crippen LogP contribution in [-0.4, -0.2) is 24.4 Å². The van der Waals surface area contributed by atoms with Gasteiger partial charge in [0.15, 0.2) is 0 Å². The average Bonchev–Trinajstić information content (AvgIpc) is 3.63. The van der Waals surface area contributed by atoms with Gasteiger partial charge >= 0.3 is 17.8 Å². The van der Waals surface area contributed by atoms with Crippen molar-refractivity contribution in [1.82, 2.24) is 0 Å². The van der Waals surface area contributed by atoms with E-state index in [1.807, 2.05) is 0 Å². The maximum atomic E-state index is 15.6. The molecule has 5 rings (SSSR count). The molecule has 0 atom stereocenters. The molecule has 0 amide bonds. The van der Waals surface area contributed by atoms with Crippen LogP contribution in [-0.2, 0) is 0 Å². The third-order valence-corrected chi connectivity index (χ3v) is 10.7. The van der Waals surface area contributed by atoms with Gasteiger partial charge < -0.3 is 4.74 Å². The molecule has 0 spiro atoms. The second-order valence-corrected chi connectivity index (χ2v) is 14.4. The van der Waals surface area contributed by atoms with Crippen LogP contribution >= 0.6 is 22.7 Å². The molecule has 0 N–H and O–H groups in total. The fourth-order valence-electron chi connectivity index (χ4n) is 5.92. The zero-order valence-electron chi connectivity index (χ0n) is 26.2. The third-order valence-electron chi connectivity index (χ3n) is 8.50. The molecular formula is C37H38F6OS2. The van der Waals surface area contributed by atoms with Crippen LogP contribution in [0.25, 0.3) is 32.0 Å². The lowest BCUT2D eigenvalue weighted by molar-refractivity contribution is -0.254. The highest BCUT2D eigenvalue weighted by Gasteiger charge is 2.80. The Morgan fingerprint density at radius 2 is 1.04 bits per heavy atom. The topological polar surface area (TPSA) is 9.23 Å². The summed E-state index contributed by atoms with van der Waals surface area (Å²) in [6.07, 6.45) is 9.53. The van der Waals surface area contributed by atoms with E-state index in [9.17, 15) is 0 Å². The Hall–Kier alpha value is -3.04. The largest absolute Gasteiger partial charge is 0.494 e. The van der Waals surface area contributed by atoms with Gasteiger partial charge in [0, 0.05) is 30.7 Å². The number of rotatable bonds is 14. The number of hydrogen-bond donors (Lipinski definition) is 0. The van der Waals surface area contributed by atoms with Crippen LogP contribution < -0.4 is 4.74 Å². The number of aryl methyl sites for hydroxylation is 2. The molecule has 0 fully saturated rings. The molecule has 246 valence electrons. The van der Waals surface area contributed by atoms with Crippen LogP contribution in [0, 0.1) is 13.8 Å². The minimum absolute atomic E-state index is 0.252. The van der Waals surface area contributed by atoms with Crippen molar-refractivity contribution >= 4 is 33.8 Å². The van der Waals surface area contributed by atoms with Crippen molar-refractivity contribution in [2.24, 2.45) is 0 Å². The monoisotopic (exact) mass is 676 g/mol. The molecule has 9 heteroatoms. The number of halogens is 6. The number of benzene rings is 2. The highest BCUT2D eigenvalue weighted by molar-refractivity contribution is 7.16. The van der Waals surface area contributed by atoms with Crippen molar-refractivity contribution in [2.45, 2.75) is 89.9 Å². The van der Waals surface area contributed by atoms with Gasteiger partial charge in [-0.25, -0.2) is 0 Å². The van der Waals surface area contributed by atoms with Gasteiger partial charge in [0.25, 0.3) is 0 Å². The summed E-state index contributed by atoms with van der Waals surface area (Å²) >= 11 is 2.21. The molecule has 2 aromatic carbocycles. The van der Waals surface area contributed by atoms with Crippen LogP contribution in [0.3, 0.4) is 0 Å². The van der Waals surface area contributed by atoms with Gasteiger partial charge in [-0.15, -0.1) is 22.7 Å². The Morgan fingerprint density at radius 3 is 1.54 bits per heavy atom. The van der Waals surface area contributed by atoms with Crippen LogP contribution in [0.1, 0.15) is 79.2 Å². The lowest BCUT2D eigenvalue weighted by Gasteiger charge is -2.25. The highest BCUT2D eigenvalue weighted by Crippen LogP contribution is 2.66. The number of hydrogen-bond acceptors (Lipinski definition) is 3. The van der Waals surface area contributed by atoms with E-state index in [1.54, 1.807) is 54.6 Å². The van der Waals surface area contributed by atoms with Gasteiger partial charge in [0.2, 0.25) is 0 Å². The quantitative estimate of drug-likeness (QED) is 0.0954. The fraction of sp³-hybridized carbons (Fsp3) is 0.405. The van der Waals surface area contributed by atoms with Crippen molar-refractivity contribution in [1.29, 1.82) is 0 Å². The minimum atomic E-state index is -5.60. The zero-order chi connectivity index (χ0) is 33.1. The molecule has 0 unspecified atom stereocenters. The molecule has 2 aromatic heterocycles. The standard InChI is InChI=1S/C37H38F6OS2/c1-4-5-6-7-8-9-10-14-21-44-28-19-17-27(18-20-28)32-23-30(25(3)46-32)34-33(35(38,39)37(42,43)36(34,40)41)29-22-31(45-24(29)2)26-15-12-11-13-16-26/h11-13,15-20,22-23H,4-10,14,21H2,1-3H3. The Morgan fingerprint density at radius 1 is 0.587 bits per heavy atom. The predicted octanol–water partition coefficient (Wildman–Crippen LogP) is 13.1. The predicted molar refractivity (Wildman–Crippen MR) is 179 cm³/mol. The molecule has 0 saturated heterocycles. The number of ether oxygens (including phenoxy) is 1. The maximum absolute atomic E-state index is 15.6. The van der Waals surface area contributed by atoms with E-state index in [2.05, 4.69) is 6.92 Å². The lowest BCUT2D eigenvalue weighted by atomic mass is 9.94. The number of alkyl halides is 6. The van der Waals surface area contributed by atoms with E-state index in [-0.39, 0.29) is 20.9 Å². The first-order valence-corrected chi connectivity index (χ1v) is 17.4. The highest BCUT2D eigenvalue weighted by atomic mass is 32.1. The van der Waals surface area contributed by atoms with Crippen LogP contribution in [0.4, 0.5) is 26.3 Å². The van der Waals surface area contributed by atoms with Gasteiger partial charge in [0.05, 0.1) is 6.61 Å². The summed E-state index contributed by atoms with van der Waals surface area (Å²) < 4.78 is 98.2. The lowest BCUT2D eigenvalue weighted by Crippen LogP contribution is -2.48. The maximum Gasteiger partial charge on any atom is 0.380 e. The minimum Gasteiger partial charge on any atom is -0.494 e. The summed E-state index contributed by atoms with van der Waals surface area (Å²) in [5, 5.41) is 0. The summed E-state index contributed by atoms with van der Waals surface area (Å²) in [4.78, 5) is 1.55. The molecule has 0 aliphatic heterocycles. The number of thiophene rings is 2. The summed E-state index contributed by atoms with van der Waals surface area (Å²) in [5.74, 6) is -15.1. The second kappa shape index (κ2) is 14.0. The number of allylic oxidation sites excluding steroid dienone is 2. The molecule has 0 saturated carbocycles. The average molecular weight is 677 g/mol. The van der Waals surface area contributed by atoms with Crippen molar-refractivity contribution < 1.29 is 31.1 Å². The fourth-order valence-corrected chi connectivity index (χ4v) is 7.98. The van der Waals surface area contributed by atoms with Gasteiger partial charge in [0.1, 0.15) is 5.75 Å². The van der Waals surface area contributed by atoms with Crippen LogP contribution in [0.2, 0.25) is 0 Å². The van der Waals surface area contributed by atoms with E-state index in [1.165, 1.54) is 64.5 Å². The molecule has 0 radical (unpaired) electrons. The molecule has 1 nitrogen and oxygen atoms in total. The summed E-state index contributed by atoms with van der Waals surface area (Å²) in [7, 11) is 0. The Labute approximate surface area is 274 Å². The van der Waals surface area contributed by atoms with Crippen molar-refractivity contribution in [3.63, 3.8) is 0 Å². The first kappa shape index (κ1) is 34.3. The Balaban J connectivity index is 1.40. The molecular weight excluding hydrogens is 639 g/mol. The smallest absolute Gasteiger partial charge is 0.380 e.